The molecule has 0 aromatic heterocycles. The summed E-state index contributed by atoms with van der Waals surface area (Å²) < 4.78 is 10.6. The van der Waals surface area contributed by atoms with Crippen LogP contribution in [0.3, 0.4) is 0 Å². The molecular formula is C19H21NO5. The first-order valence-corrected chi connectivity index (χ1v) is 7.79. The van der Waals surface area contributed by atoms with E-state index in [2.05, 4.69) is 5.32 Å². The zero-order chi connectivity index (χ0) is 18.4. The van der Waals surface area contributed by atoms with Gasteiger partial charge in [-0.25, -0.2) is 4.79 Å². The third-order valence-electron chi connectivity index (χ3n) is 3.52. The predicted octanol–water partition coefficient (Wildman–Crippen LogP) is 3.28. The zero-order valence-corrected chi connectivity index (χ0v) is 14.5. The maximum Gasteiger partial charge on any atom is 0.335 e. The van der Waals surface area contributed by atoms with Crippen LogP contribution in [0, 0.1) is 13.8 Å². The van der Waals surface area contributed by atoms with Crippen molar-refractivity contribution >= 4 is 17.6 Å². The molecule has 0 unspecified atom stereocenters. The number of carboxylic acid groups (broad SMARTS) is 1. The number of amides is 1. The van der Waals surface area contributed by atoms with Crippen molar-refractivity contribution in [2.24, 2.45) is 0 Å². The number of carbonyl (C=O) groups excluding carboxylic acids is 1. The topological polar surface area (TPSA) is 84.9 Å². The molecule has 0 saturated carbocycles. The molecule has 6 nitrogen and oxygen atoms in total. The van der Waals surface area contributed by atoms with Crippen LogP contribution in [0.5, 0.6) is 5.75 Å². The van der Waals surface area contributed by atoms with Gasteiger partial charge in [0.2, 0.25) is 0 Å². The molecule has 0 atom stereocenters. The molecule has 1 amide bonds. The van der Waals surface area contributed by atoms with Crippen LogP contribution >= 0.6 is 0 Å². The van der Waals surface area contributed by atoms with Crippen molar-refractivity contribution < 1.29 is 24.2 Å². The third kappa shape index (κ3) is 5.06. The SMILES string of the molecule is COCCOc1cc(C)ccc1NC(=O)c1cc(C)cc(C(=O)O)c1. The fraction of sp³-hybridized carbons (Fsp3) is 0.263. The molecule has 0 spiro atoms. The second-order valence-electron chi connectivity index (χ2n) is 5.69. The van der Waals surface area contributed by atoms with Crippen LogP contribution < -0.4 is 10.1 Å². The molecule has 0 fully saturated rings. The molecule has 0 aliphatic rings. The van der Waals surface area contributed by atoms with Crippen molar-refractivity contribution in [2.75, 3.05) is 25.6 Å². The van der Waals surface area contributed by atoms with Gasteiger partial charge in [-0.05, 0) is 55.3 Å². The van der Waals surface area contributed by atoms with Gasteiger partial charge >= 0.3 is 5.97 Å². The normalized spacial score (nSPS) is 10.4. The number of nitrogens with one attached hydrogen (secondary N) is 1. The van der Waals surface area contributed by atoms with E-state index in [4.69, 9.17) is 14.6 Å². The van der Waals surface area contributed by atoms with Crippen LogP contribution in [0.1, 0.15) is 31.8 Å². The van der Waals surface area contributed by atoms with Gasteiger partial charge in [0.15, 0.2) is 0 Å². The quantitative estimate of drug-likeness (QED) is 0.754. The number of ether oxygens (including phenoxy) is 2. The van der Waals surface area contributed by atoms with E-state index < -0.39 is 11.9 Å². The smallest absolute Gasteiger partial charge is 0.335 e. The molecule has 2 aromatic rings. The fourth-order valence-corrected chi connectivity index (χ4v) is 2.32. The van der Waals surface area contributed by atoms with Crippen molar-refractivity contribution in [2.45, 2.75) is 13.8 Å². The Kier molecular flexibility index (Phi) is 6.14. The van der Waals surface area contributed by atoms with Crippen molar-refractivity contribution in [3.8, 4) is 5.75 Å². The van der Waals surface area contributed by atoms with E-state index in [0.29, 0.717) is 30.2 Å². The Morgan fingerprint density at radius 1 is 1.00 bits per heavy atom. The second-order valence-corrected chi connectivity index (χ2v) is 5.69. The average molecular weight is 343 g/mol. The maximum absolute atomic E-state index is 12.5. The summed E-state index contributed by atoms with van der Waals surface area (Å²) in [7, 11) is 1.58. The summed E-state index contributed by atoms with van der Waals surface area (Å²) in [6, 6.07) is 9.95. The summed E-state index contributed by atoms with van der Waals surface area (Å²) in [5, 5.41) is 11.9. The highest BCUT2D eigenvalue weighted by Gasteiger charge is 2.14. The molecule has 0 saturated heterocycles. The Balaban J connectivity index is 2.24. The molecule has 0 aliphatic heterocycles. The Morgan fingerprint density at radius 3 is 2.40 bits per heavy atom. The average Bonchev–Trinajstić information content (AvgIpc) is 2.56. The lowest BCUT2D eigenvalue weighted by molar-refractivity contribution is 0.0696. The first kappa shape index (κ1) is 18.5. The summed E-state index contributed by atoms with van der Waals surface area (Å²) in [6.07, 6.45) is 0. The minimum absolute atomic E-state index is 0.0747. The maximum atomic E-state index is 12.5. The zero-order valence-electron chi connectivity index (χ0n) is 14.5. The summed E-state index contributed by atoms with van der Waals surface area (Å²) in [6.45, 7) is 4.46. The number of aryl methyl sites for hydroxylation is 2. The minimum atomic E-state index is -1.07. The van der Waals surface area contributed by atoms with Gasteiger partial charge in [0.05, 0.1) is 17.9 Å². The molecule has 2 N–H and O–H groups in total. The van der Waals surface area contributed by atoms with Gasteiger partial charge in [-0.15, -0.1) is 0 Å². The number of aromatic carboxylic acids is 1. The number of carboxylic acids is 1. The number of hydrogen-bond acceptors (Lipinski definition) is 4. The standard InChI is InChI=1S/C19H21NO5/c1-12-4-5-16(17(10-12)25-7-6-24-3)20-18(21)14-8-13(2)9-15(11-14)19(22)23/h4-5,8-11H,6-7H2,1-3H3,(H,20,21)(H,22,23). The lowest BCUT2D eigenvalue weighted by Crippen LogP contribution is -2.15. The van der Waals surface area contributed by atoms with Crippen LogP contribution in [0.15, 0.2) is 36.4 Å². The summed E-state index contributed by atoms with van der Waals surface area (Å²) in [5.41, 5.74) is 2.57. The van der Waals surface area contributed by atoms with E-state index in [1.807, 2.05) is 19.1 Å². The van der Waals surface area contributed by atoms with Crippen LogP contribution in [-0.2, 0) is 4.74 Å². The largest absolute Gasteiger partial charge is 0.489 e. The van der Waals surface area contributed by atoms with E-state index in [1.54, 1.807) is 26.2 Å². The number of anilines is 1. The van der Waals surface area contributed by atoms with Gasteiger partial charge in [-0.3, -0.25) is 4.79 Å². The molecule has 25 heavy (non-hydrogen) atoms. The molecule has 2 rings (SSSR count). The molecule has 0 heterocycles. The van der Waals surface area contributed by atoms with Gasteiger partial charge in [-0.1, -0.05) is 6.07 Å². The Bertz CT molecular complexity index is 785. The molecule has 2 aromatic carbocycles. The lowest BCUT2D eigenvalue weighted by atomic mass is 10.1. The Hall–Kier alpha value is -2.86. The van der Waals surface area contributed by atoms with E-state index in [0.717, 1.165) is 5.56 Å². The van der Waals surface area contributed by atoms with Crippen LogP contribution in [0.25, 0.3) is 0 Å². The minimum Gasteiger partial charge on any atom is -0.489 e. The molecule has 0 radical (unpaired) electrons. The van der Waals surface area contributed by atoms with Crippen LogP contribution in [-0.4, -0.2) is 37.3 Å². The number of methoxy groups -OCH3 is 1. The van der Waals surface area contributed by atoms with Gasteiger partial charge in [-0.2, -0.15) is 0 Å². The van der Waals surface area contributed by atoms with E-state index in [1.165, 1.54) is 12.1 Å². The highest BCUT2D eigenvalue weighted by atomic mass is 16.5. The van der Waals surface area contributed by atoms with Crippen molar-refractivity contribution in [1.82, 2.24) is 0 Å². The Morgan fingerprint density at radius 2 is 1.72 bits per heavy atom. The highest BCUT2D eigenvalue weighted by Crippen LogP contribution is 2.26. The van der Waals surface area contributed by atoms with E-state index >= 15 is 0 Å². The first-order chi connectivity index (χ1) is 11.9. The van der Waals surface area contributed by atoms with Crippen LogP contribution in [0.4, 0.5) is 5.69 Å². The van der Waals surface area contributed by atoms with Gasteiger partial charge in [0, 0.05) is 12.7 Å². The van der Waals surface area contributed by atoms with Crippen LogP contribution in [0.2, 0.25) is 0 Å². The second kappa shape index (κ2) is 8.30. The van der Waals surface area contributed by atoms with Crippen molar-refractivity contribution in [1.29, 1.82) is 0 Å². The van der Waals surface area contributed by atoms with Crippen molar-refractivity contribution in [3.63, 3.8) is 0 Å². The number of hydrogen-bond donors (Lipinski definition) is 2. The van der Waals surface area contributed by atoms with Gasteiger partial charge in [0.1, 0.15) is 12.4 Å². The predicted molar refractivity (Wildman–Crippen MR) is 94.6 cm³/mol. The first-order valence-electron chi connectivity index (χ1n) is 7.79. The molecule has 0 aliphatic carbocycles. The Labute approximate surface area is 146 Å². The van der Waals surface area contributed by atoms with E-state index in [9.17, 15) is 9.59 Å². The lowest BCUT2D eigenvalue weighted by Gasteiger charge is -2.14. The third-order valence-corrected chi connectivity index (χ3v) is 3.52. The van der Waals surface area contributed by atoms with Crippen molar-refractivity contribution in [3.05, 3.63) is 58.7 Å². The molecule has 6 heteroatoms. The number of carbonyl (C=O) groups is 2. The highest BCUT2D eigenvalue weighted by molar-refractivity contribution is 6.06. The summed E-state index contributed by atoms with van der Waals surface area (Å²) in [5.74, 6) is -0.931. The molecular weight excluding hydrogens is 322 g/mol. The monoisotopic (exact) mass is 343 g/mol. The number of benzene rings is 2. The van der Waals surface area contributed by atoms with Gasteiger partial charge < -0.3 is 19.9 Å². The van der Waals surface area contributed by atoms with E-state index in [-0.39, 0.29) is 11.1 Å². The molecule has 0 bridgehead atoms. The fourth-order valence-electron chi connectivity index (χ4n) is 2.32. The summed E-state index contributed by atoms with van der Waals surface area (Å²) in [4.78, 5) is 23.7. The molecule has 132 valence electrons. The summed E-state index contributed by atoms with van der Waals surface area (Å²) >= 11 is 0. The van der Waals surface area contributed by atoms with Gasteiger partial charge in [0.25, 0.3) is 5.91 Å². The number of rotatable bonds is 7.